The molecule has 1 atom stereocenters. The molecular weight excluding hydrogens is 276 g/mol. The molecule has 1 aromatic heterocycles. The Morgan fingerprint density at radius 3 is 2.40 bits per heavy atom. The summed E-state index contributed by atoms with van der Waals surface area (Å²) in [5.74, 6) is 1.11. The van der Waals surface area contributed by atoms with Gasteiger partial charge in [-0.15, -0.1) is 0 Å². The average Bonchev–Trinajstić information content (AvgIpc) is 2.64. The third kappa shape index (κ3) is 4.07. The van der Waals surface area contributed by atoms with Gasteiger partial charge in [-0.3, -0.25) is 0 Å². The van der Waals surface area contributed by atoms with Crippen molar-refractivity contribution in [2.75, 3.05) is 6.54 Å². The normalized spacial score (nSPS) is 13.7. The molecule has 6 heteroatoms. The van der Waals surface area contributed by atoms with Gasteiger partial charge in [0.1, 0.15) is 16.4 Å². The molecule has 0 aliphatic heterocycles. The van der Waals surface area contributed by atoms with Gasteiger partial charge in [0.15, 0.2) is 0 Å². The Hall–Kier alpha value is -0.850. The van der Waals surface area contributed by atoms with E-state index in [0.717, 1.165) is 24.9 Å². The molecule has 0 saturated carbocycles. The summed E-state index contributed by atoms with van der Waals surface area (Å²) in [5, 5.41) is 3.23. The molecule has 0 aliphatic rings. The highest BCUT2D eigenvalue weighted by atomic mass is 32.2. The molecule has 0 amide bonds. The molecule has 0 radical (unpaired) electrons. The first-order valence-corrected chi connectivity index (χ1v) is 8.63. The number of hydrogen-bond acceptors (Lipinski definition) is 4. The van der Waals surface area contributed by atoms with Crippen molar-refractivity contribution in [1.82, 2.24) is 10.0 Å². The van der Waals surface area contributed by atoms with Gasteiger partial charge in [0.25, 0.3) is 0 Å². The molecule has 5 nitrogen and oxygen atoms in total. The van der Waals surface area contributed by atoms with Gasteiger partial charge in [-0.05, 0) is 40.2 Å². The fraction of sp³-hybridized carbons (Fsp3) is 0.714. The van der Waals surface area contributed by atoms with Gasteiger partial charge in [0.05, 0.1) is 0 Å². The Balaban J connectivity index is 3.09. The molecule has 0 aliphatic carbocycles. The van der Waals surface area contributed by atoms with E-state index in [0.29, 0.717) is 23.0 Å². The molecule has 1 aromatic rings. The van der Waals surface area contributed by atoms with E-state index in [4.69, 9.17) is 4.42 Å². The number of furan rings is 1. The molecule has 0 spiro atoms. The maximum atomic E-state index is 12.5. The van der Waals surface area contributed by atoms with Crippen LogP contribution in [0.4, 0.5) is 0 Å². The third-order valence-electron chi connectivity index (χ3n) is 3.29. The predicted molar refractivity (Wildman–Crippen MR) is 80.3 cm³/mol. The molecule has 0 fully saturated rings. The standard InChI is InChI=1S/C14H26N2O3S/c1-6-8-15-9-13-11(4)19-12(5)14(13)20(17,18)16-10(3)7-2/h10,15-16H,6-9H2,1-5H3. The van der Waals surface area contributed by atoms with E-state index in [2.05, 4.69) is 17.0 Å². The summed E-state index contributed by atoms with van der Waals surface area (Å²) < 4.78 is 33.2. The van der Waals surface area contributed by atoms with Crippen LogP contribution in [0.15, 0.2) is 9.31 Å². The van der Waals surface area contributed by atoms with Gasteiger partial charge in [0.2, 0.25) is 10.0 Å². The number of aryl methyl sites for hydroxylation is 2. The van der Waals surface area contributed by atoms with Crippen LogP contribution in [0.5, 0.6) is 0 Å². The van der Waals surface area contributed by atoms with Gasteiger partial charge in [-0.1, -0.05) is 13.8 Å². The first-order valence-electron chi connectivity index (χ1n) is 7.15. The van der Waals surface area contributed by atoms with E-state index in [1.807, 2.05) is 13.8 Å². The molecule has 0 saturated heterocycles. The lowest BCUT2D eigenvalue weighted by molar-refractivity contribution is 0.492. The molecule has 20 heavy (non-hydrogen) atoms. The minimum Gasteiger partial charge on any atom is -0.465 e. The quantitative estimate of drug-likeness (QED) is 0.724. The van der Waals surface area contributed by atoms with Gasteiger partial charge in [-0.2, -0.15) is 0 Å². The summed E-state index contributed by atoms with van der Waals surface area (Å²) in [4.78, 5) is 0.291. The van der Waals surface area contributed by atoms with Crippen LogP contribution in [0.2, 0.25) is 0 Å². The lowest BCUT2D eigenvalue weighted by atomic mass is 10.2. The fourth-order valence-electron chi connectivity index (χ4n) is 2.06. The average molecular weight is 302 g/mol. The monoisotopic (exact) mass is 302 g/mol. The zero-order valence-electron chi connectivity index (χ0n) is 13.0. The Kier molecular flexibility index (Phi) is 6.23. The molecule has 2 N–H and O–H groups in total. The van der Waals surface area contributed by atoms with Gasteiger partial charge in [0, 0.05) is 18.2 Å². The van der Waals surface area contributed by atoms with Crippen molar-refractivity contribution in [3.63, 3.8) is 0 Å². The second-order valence-electron chi connectivity index (χ2n) is 5.13. The Morgan fingerprint density at radius 2 is 1.85 bits per heavy atom. The highest BCUT2D eigenvalue weighted by Gasteiger charge is 2.27. The summed E-state index contributed by atoms with van der Waals surface area (Å²) >= 11 is 0. The maximum absolute atomic E-state index is 12.5. The second kappa shape index (κ2) is 7.24. The first kappa shape index (κ1) is 17.2. The highest BCUT2D eigenvalue weighted by molar-refractivity contribution is 7.89. The fourth-order valence-corrected chi connectivity index (χ4v) is 3.84. The SMILES string of the molecule is CCCNCc1c(C)oc(C)c1S(=O)(=O)NC(C)CC. The van der Waals surface area contributed by atoms with Crippen molar-refractivity contribution in [3.8, 4) is 0 Å². The molecule has 1 heterocycles. The predicted octanol–water partition coefficient (Wildman–Crippen LogP) is 2.47. The second-order valence-corrected chi connectivity index (χ2v) is 6.78. The minimum atomic E-state index is -3.53. The van der Waals surface area contributed by atoms with Crippen LogP contribution in [0, 0.1) is 13.8 Å². The lowest BCUT2D eigenvalue weighted by Gasteiger charge is -2.13. The first-order chi connectivity index (χ1) is 9.33. The van der Waals surface area contributed by atoms with Crippen LogP contribution in [-0.2, 0) is 16.6 Å². The highest BCUT2D eigenvalue weighted by Crippen LogP contribution is 2.26. The number of nitrogens with one attached hydrogen (secondary N) is 2. The zero-order chi connectivity index (χ0) is 15.3. The van der Waals surface area contributed by atoms with Crippen LogP contribution in [0.25, 0.3) is 0 Å². The van der Waals surface area contributed by atoms with Crippen LogP contribution in [0.3, 0.4) is 0 Å². The van der Waals surface area contributed by atoms with Crippen molar-refractivity contribution in [1.29, 1.82) is 0 Å². The van der Waals surface area contributed by atoms with Crippen LogP contribution in [0.1, 0.15) is 50.7 Å². The summed E-state index contributed by atoms with van der Waals surface area (Å²) in [6, 6.07) is -0.0916. The summed E-state index contributed by atoms with van der Waals surface area (Å²) in [7, 11) is -3.53. The van der Waals surface area contributed by atoms with Crippen LogP contribution >= 0.6 is 0 Å². The molecule has 1 unspecified atom stereocenters. The molecule has 116 valence electrons. The molecule has 0 aromatic carbocycles. The van der Waals surface area contributed by atoms with Crippen molar-refractivity contribution < 1.29 is 12.8 Å². The lowest BCUT2D eigenvalue weighted by Crippen LogP contribution is -2.33. The molecule has 0 bridgehead atoms. The number of hydrogen-bond donors (Lipinski definition) is 2. The zero-order valence-corrected chi connectivity index (χ0v) is 13.9. The van der Waals surface area contributed by atoms with Gasteiger partial charge in [-0.25, -0.2) is 13.1 Å². The van der Waals surface area contributed by atoms with Gasteiger partial charge < -0.3 is 9.73 Å². The Morgan fingerprint density at radius 1 is 1.20 bits per heavy atom. The van der Waals surface area contributed by atoms with Crippen LogP contribution in [-0.4, -0.2) is 21.0 Å². The topological polar surface area (TPSA) is 71.3 Å². The van der Waals surface area contributed by atoms with Crippen LogP contribution < -0.4 is 10.0 Å². The maximum Gasteiger partial charge on any atom is 0.244 e. The van der Waals surface area contributed by atoms with E-state index in [1.165, 1.54) is 0 Å². The number of rotatable bonds is 8. The summed E-state index contributed by atoms with van der Waals surface area (Å²) in [6.07, 6.45) is 1.75. The Labute approximate surface area is 122 Å². The minimum absolute atomic E-state index is 0.0916. The largest absolute Gasteiger partial charge is 0.465 e. The van der Waals surface area contributed by atoms with Crippen molar-refractivity contribution >= 4 is 10.0 Å². The van der Waals surface area contributed by atoms with Crippen molar-refractivity contribution in [2.24, 2.45) is 0 Å². The number of sulfonamides is 1. The third-order valence-corrected chi connectivity index (χ3v) is 5.07. The van der Waals surface area contributed by atoms with E-state index in [9.17, 15) is 8.42 Å². The van der Waals surface area contributed by atoms with E-state index >= 15 is 0 Å². The van der Waals surface area contributed by atoms with Crippen molar-refractivity contribution in [2.45, 2.75) is 64.9 Å². The molecular formula is C14H26N2O3S. The van der Waals surface area contributed by atoms with E-state index in [-0.39, 0.29) is 6.04 Å². The Bertz CT molecular complexity index is 535. The van der Waals surface area contributed by atoms with Gasteiger partial charge >= 0.3 is 0 Å². The summed E-state index contributed by atoms with van der Waals surface area (Å²) in [5.41, 5.74) is 0.728. The van der Waals surface area contributed by atoms with E-state index < -0.39 is 10.0 Å². The van der Waals surface area contributed by atoms with Crippen molar-refractivity contribution in [3.05, 3.63) is 17.1 Å². The van der Waals surface area contributed by atoms with E-state index in [1.54, 1.807) is 13.8 Å². The molecule has 1 rings (SSSR count). The summed E-state index contributed by atoms with van der Waals surface area (Å²) in [6.45, 7) is 10.7. The smallest absolute Gasteiger partial charge is 0.244 e.